The molecule has 0 aromatic heterocycles. The van der Waals surface area contributed by atoms with Crippen LogP contribution in [0.15, 0.2) is 70.3 Å². The van der Waals surface area contributed by atoms with Crippen LogP contribution in [0.25, 0.3) is 0 Å². The average molecular weight is 616 g/mol. The van der Waals surface area contributed by atoms with E-state index in [0.29, 0.717) is 31.1 Å². The molecule has 1 aliphatic heterocycles. The molecule has 0 aliphatic carbocycles. The average Bonchev–Trinajstić information content (AvgIpc) is 2.87. The number of hydrogen-bond acceptors (Lipinski definition) is 6. The predicted octanol–water partition coefficient (Wildman–Crippen LogP) is 6.56. The fraction of sp³-hybridized carbons (Fsp3) is 0.367. The van der Waals surface area contributed by atoms with E-state index in [9.17, 15) is 14.0 Å². The van der Waals surface area contributed by atoms with Gasteiger partial charge >= 0.3 is 6.09 Å². The summed E-state index contributed by atoms with van der Waals surface area (Å²) in [5, 5.41) is 2.95. The summed E-state index contributed by atoms with van der Waals surface area (Å²) in [6.07, 6.45) is 2.57. The number of halogens is 2. The molecule has 0 bridgehead atoms. The Morgan fingerprint density at radius 1 is 1.23 bits per heavy atom. The number of hydrogen-bond donors (Lipinski definition) is 1. The van der Waals surface area contributed by atoms with Gasteiger partial charge in [0.15, 0.2) is 0 Å². The van der Waals surface area contributed by atoms with Gasteiger partial charge < -0.3 is 24.6 Å². The molecule has 1 heterocycles. The molecule has 1 atom stereocenters. The van der Waals surface area contributed by atoms with Crippen LogP contribution in [0.4, 0.5) is 20.6 Å². The number of aliphatic imine (C=N–C) groups is 1. The first-order valence-electron chi connectivity index (χ1n) is 12.9. The van der Waals surface area contributed by atoms with Gasteiger partial charge in [-0.15, -0.1) is 0 Å². The number of carbonyl (C=O) groups excluding carboxylic acids is 2. The van der Waals surface area contributed by atoms with Crippen LogP contribution in [-0.2, 0) is 9.53 Å². The highest BCUT2D eigenvalue weighted by atomic mass is 79.9. The number of rotatable bonds is 7. The van der Waals surface area contributed by atoms with Gasteiger partial charge in [0.1, 0.15) is 22.9 Å². The van der Waals surface area contributed by atoms with Gasteiger partial charge in [0.05, 0.1) is 29.8 Å². The van der Waals surface area contributed by atoms with Crippen molar-refractivity contribution in [3.05, 3.63) is 76.7 Å². The fourth-order valence-electron chi connectivity index (χ4n) is 4.36. The zero-order chi connectivity index (χ0) is 29.6. The summed E-state index contributed by atoms with van der Waals surface area (Å²) in [6.45, 7) is 14.3. The largest absolute Gasteiger partial charge is 0.496 e. The van der Waals surface area contributed by atoms with Crippen LogP contribution in [0, 0.1) is 5.82 Å². The van der Waals surface area contributed by atoms with Crippen LogP contribution in [0.2, 0.25) is 0 Å². The maximum Gasteiger partial charge on any atom is 0.410 e. The lowest BCUT2D eigenvalue weighted by Crippen LogP contribution is -2.55. The smallest absolute Gasteiger partial charge is 0.410 e. The summed E-state index contributed by atoms with van der Waals surface area (Å²) in [4.78, 5) is 34.4. The van der Waals surface area contributed by atoms with E-state index in [1.165, 1.54) is 25.3 Å². The first-order chi connectivity index (χ1) is 18.8. The third-order valence-electron chi connectivity index (χ3n) is 6.16. The van der Waals surface area contributed by atoms with E-state index >= 15 is 0 Å². The van der Waals surface area contributed by atoms with Gasteiger partial charge in [-0.3, -0.25) is 4.79 Å². The number of ether oxygens (including phenoxy) is 2. The molecular weight excluding hydrogens is 579 g/mol. The Morgan fingerprint density at radius 3 is 2.58 bits per heavy atom. The standard InChI is InChI=1S/C30H36BrFN4O4/c1-8-10-24(33-20(3)27-22(32)11-9-12-26(27)39-7)28(37)34-23-14-13-21(31)17-25(23)35-15-16-36(19(2)18-35)29(38)40-30(4,5)6/h8-14,17,19H,1,15-16,18H2,2-7H3,(H,34,37)/b24-10-,33-20+/t19-/m0/s1. The number of nitrogens with zero attached hydrogens (tertiary/aromatic N) is 3. The normalized spacial score (nSPS) is 16.4. The van der Waals surface area contributed by atoms with Crippen molar-refractivity contribution in [1.82, 2.24) is 4.90 Å². The Morgan fingerprint density at radius 2 is 1.95 bits per heavy atom. The van der Waals surface area contributed by atoms with Crippen LogP contribution < -0.4 is 15.0 Å². The lowest BCUT2D eigenvalue weighted by atomic mass is 10.1. The van der Waals surface area contributed by atoms with Crippen LogP contribution in [0.1, 0.15) is 40.2 Å². The van der Waals surface area contributed by atoms with Gasteiger partial charge in [0, 0.05) is 30.1 Å². The predicted molar refractivity (Wildman–Crippen MR) is 161 cm³/mol. The van der Waals surface area contributed by atoms with Crippen molar-refractivity contribution in [1.29, 1.82) is 0 Å². The number of anilines is 2. The van der Waals surface area contributed by atoms with Gasteiger partial charge in [0.2, 0.25) is 0 Å². The highest BCUT2D eigenvalue weighted by Crippen LogP contribution is 2.32. The van der Waals surface area contributed by atoms with E-state index in [2.05, 4.69) is 37.7 Å². The van der Waals surface area contributed by atoms with Crippen LogP contribution in [-0.4, -0.2) is 61.0 Å². The van der Waals surface area contributed by atoms with Gasteiger partial charge in [-0.1, -0.05) is 34.7 Å². The molecule has 214 valence electrons. The van der Waals surface area contributed by atoms with Crippen LogP contribution in [0.5, 0.6) is 5.75 Å². The van der Waals surface area contributed by atoms with E-state index in [4.69, 9.17) is 9.47 Å². The third-order valence-corrected chi connectivity index (χ3v) is 6.65. The van der Waals surface area contributed by atoms with Gasteiger partial charge in [-0.2, -0.15) is 0 Å². The molecule has 40 heavy (non-hydrogen) atoms. The molecule has 2 amide bonds. The van der Waals surface area contributed by atoms with E-state index in [-0.39, 0.29) is 29.1 Å². The molecule has 8 nitrogen and oxygen atoms in total. The second-order valence-electron chi connectivity index (χ2n) is 10.4. The van der Waals surface area contributed by atoms with Crippen molar-refractivity contribution >= 4 is 45.0 Å². The maximum atomic E-state index is 14.6. The van der Waals surface area contributed by atoms with Crippen molar-refractivity contribution < 1.29 is 23.5 Å². The molecule has 3 rings (SSSR count). The lowest BCUT2D eigenvalue weighted by Gasteiger charge is -2.41. The minimum atomic E-state index is -0.579. The minimum Gasteiger partial charge on any atom is -0.496 e. The number of methoxy groups -OCH3 is 1. The van der Waals surface area contributed by atoms with E-state index in [1.54, 1.807) is 30.0 Å². The molecule has 0 spiro atoms. The molecule has 1 saturated heterocycles. The minimum absolute atomic E-state index is 0.0507. The van der Waals surface area contributed by atoms with Crippen molar-refractivity contribution in [3.8, 4) is 5.75 Å². The number of allylic oxidation sites excluding steroid dienone is 2. The number of amides is 2. The molecule has 1 fully saturated rings. The number of carbonyl (C=O) groups is 2. The molecular formula is C30H36BrFN4O4. The van der Waals surface area contributed by atoms with Gasteiger partial charge in [0.25, 0.3) is 5.91 Å². The number of benzene rings is 2. The van der Waals surface area contributed by atoms with Crippen molar-refractivity contribution in [2.75, 3.05) is 37.0 Å². The summed E-state index contributed by atoms with van der Waals surface area (Å²) >= 11 is 3.53. The van der Waals surface area contributed by atoms with Gasteiger partial charge in [-0.05, 0) is 71.0 Å². The molecule has 0 radical (unpaired) electrons. The molecule has 0 unspecified atom stereocenters. The lowest BCUT2D eigenvalue weighted by molar-refractivity contribution is -0.112. The Balaban J connectivity index is 1.85. The van der Waals surface area contributed by atoms with E-state index in [0.717, 1.165) is 10.2 Å². The Hall–Kier alpha value is -3.66. The Kier molecular flexibility index (Phi) is 10.1. The zero-order valence-electron chi connectivity index (χ0n) is 23.8. The third kappa shape index (κ3) is 7.71. The first kappa shape index (κ1) is 30.9. The monoisotopic (exact) mass is 614 g/mol. The van der Waals surface area contributed by atoms with Crippen molar-refractivity contribution in [3.63, 3.8) is 0 Å². The molecule has 2 aromatic carbocycles. The van der Waals surface area contributed by atoms with Crippen molar-refractivity contribution in [2.24, 2.45) is 4.99 Å². The van der Waals surface area contributed by atoms with Crippen LogP contribution >= 0.6 is 15.9 Å². The summed E-state index contributed by atoms with van der Waals surface area (Å²) in [5.74, 6) is -0.679. The fourth-order valence-corrected chi connectivity index (χ4v) is 4.71. The second-order valence-corrected chi connectivity index (χ2v) is 11.3. The van der Waals surface area contributed by atoms with E-state index in [1.807, 2.05) is 39.8 Å². The highest BCUT2D eigenvalue weighted by molar-refractivity contribution is 9.10. The molecule has 0 saturated carbocycles. The topological polar surface area (TPSA) is 83.5 Å². The molecule has 1 N–H and O–H groups in total. The van der Waals surface area contributed by atoms with Crippen molar-refractivity contribution in [2.45, 2.75) is 46.3 Å². The summed E-state index contributed by atoms with van der Waals surface area (Å²) < 4.78 is 26.3. The Bertz CT molecular complexity index is 1340. The maximum absolute atomic E-state index is 14.6. The second kappa shape index (κ2) is 13.1. The zero-order valence-corrected chi connectivity index (χ0v) is 25.3. The number of piperazine rings is 1. The van der Waals surface area contributed by atoms with Crippen LogP contribution in [0.3, 0.4) is 0 Å². The first-order valence-corrected chi connectivity index (χ1v) is 13.7. The molecule has 10 heteroatoms. The summed E-state index contributed by atoms with van der Waals surface area (Å²) in [5.41, 5.74) is 1.28. The number of nitrogens with one attached hydrogen (secondary N) is 1. The molecule has 1 aliphatic rings. The molecule has 2 aromatic rings. The van der Waals surface area contributed by atoms with Gasteiger partial charge in [-0.25, -0.2) is 14.2 Å². The summed E-state index contributed by atoms with van der Waals surface area (Å²) in [6, 6.07) is 9.91. The SMILES string of the molecule is C=C/C=C(\N=C(/C)c1c(F)cccc1OC)C(=O)Nc1ccc(Br)cc1N1CCN(C(=O)OC(C)(C)C)[C@@H](C)C1. The Labute approximate surface area is 243 Å². The summed E-state index contributed by atoms with van der Waals surface area (Å²) in [7, 11) is 1.45. The van der Waals surface area contributed by atoms with E-state index < -0.39 is 17.3 Å². The highest BCUT2D eigenvalue weighted by Gasteiger charge is 2.32. The quantitative estimate of drug-likeness (QED) is 0.217.